The lowest BCUT2D eigenvalue weighted by atomic mass is 9.83. The molecule has 1 nitrogen and oxygen atoms in total. The first-order chi connectivity index (χ1) is 9.72. The molecule has 0 spiro atoms. The smallest absolute Gasteiger partial charge is 0.129 e. The van der Waals surface area contributed by atoms with Gasteiger partial charge in [-0.05, 0) is 44.4 Å². The molecule has 1 aromatic rings. The first kappa shape index (κ1) is 15.4. The van der Waals surface area contributed by atoms with Crippen LogP contribution in [0.1, 0.15) is 50.5 Å². The minimum Gasteiger partial charge on any atom is -0.316 e. The van der Waals surface area contributed by atoms with Gasteiger partial charge in [0.15, 0.2) is 0 Å². The van der Waals surface area contributed by atoms with Gasteiger partial charge < -0.3 is 5.32 Å². The lowest BCUT2D eigenvalue weighted by molar-refractivity contribution is 0.290. The van der Waals surface area contributed by atoms with Crippen LogP contribution in [-0.4, -0.2) is 13.1 Å². The maximum Gasteiger partial charge on any atom is 0.129 e. The molecule has 0 aromatic heterocycles. The third kappa shape index (κ3) is 4.02. The summed E-state index contributed by atoms with van der Waals surface area (Å²) in [7, 11) is 1.90. The molecule has 0 saturated heterocycles. The monoisotopic (exact) mass is 281 g/mol. The molecule has 1 atom stereocenters. The van der Waals surface area contributed by atoms with Crippen molar-refractivity contribution in [2.75, 3.05) is 7.05 Å². The molecule has 0 heterocycles. The summed E-state index contributed by atoms with van der Waals surface area (Å²) in [5.41, 5.74) is 0.230. The zero-order valence-corrected chi connectivity index (χ0v) is 12.3. The predicted octanol–water partition coefficient (Wildman–Crippen LogP) is 4.46. The molecule has 0 bridgehead atoms. The van der Waals surface area contributed by atoms with Crippen LogP contribution in [-0.2, 0) is 6.42 Å². The highest BCUT2D eigenvalue weighted by Gasteiger charge is 2.23. The summed E-state index contributed by atoms with van der Waals surface area (Å²) in [6.07, 6.45) is 9.18. The number of nitrogens with one attached hydrogen (secondary N) is 1. The van der Waals surface area contributed by atoms with Gasteiger partial charge in [-0.2, -0.15) is 0 Å². The summed E-state index contributed by atoms with van der Waals surface area (Å²) >= 11 is 0. The van der Waals surface area contributed by atoms with Crippen LogP contribution in [0.2, 0.25) is 0 Å². The standard InChI is InChI=1S/C17H25F2N/c1-20-17(13-8-5-3-2-4-6-9-13)12-14-15(18)10-7-11-16(14)19/h7,10-11,13,17,20H,2-6,8-9,12H2,1H3. The predicted molar refractivity (Wildman–Crippen MR) is 78.7 cm³/mol. The molecular weight excluding hydrogens is 256 g/mol. The van der Waals surface area contributed by atoms with E-state index in [9.17, 15) is 8.78 Å². The summed E-state index contributed by atoms with van der Waals surface area (Å²) < 4.78 is 27.6. The van der Waals surface area contributed by atoms with E-state index in [2.05, 4.69) is 5.32 Å². The Morgan fingerprint density at radius 3 is 2.15 bits per heavy atom. The fraction of sp³-hybridized carbons (Fsp3) is 0.647. The summed E-state index contributed by atoms with van der Waals surface area (Å²) in [5.74, 6) is -0.313. The van der Waals surface area contributed by atoms with E-state index in [4.69, 9.17) is 0 Å². The van der Waals surface area contributed by atoms with Crippen molar-refractivity contribution < 1.29 is 8.78 Å². The van der Waals surface area contributed by atoms with Crippen LogP contribution >= 0.6 is 0 Å². The van der Waals surface area contributed by atoms with Crippen LogP contribution < -0.4 is 5.32 Å². The Morgan fingerprint density at radius 1 is 1.05 bits per heavy atom. The van der Waals surface area contributed by atoms with Gasteiger partial charge >= 0.3 is 0 Å². The third-order valence-corrected chi connectivity index (χ3v) is 4.58. The van der Waals surface area contributed by atoms with Crippen molar-refractivity contribution in [1.29, 1.82) is 0 Å². The van der Waals surface area contributed by atoms with E-state index in [0.717, 1.165) is 0 Å². The Morgan fingerprint density at radius 2 is 1.60 bits per heavy atom. The molecule has 2 rings (SSSR count). The molecule has 1 aliphatic carbocycles. The molecule has 112 valence electrons. The van der Waals surface area contributed by atoms with Gasteiger partial charge in [-0.25, -0.2) is 8.78 Å². The van der Waals surface area contributed by atoms with Gasteiger partial charge in [-0.15, -0.1) is 0 Å². The van der Waals surface area contributed by atoms with Gasteiger partial charge in [0.2, 0.25) is 0 Å². The van der Waals surface area contributed by atoms with Crippen molar-refractivity contribution in [2.45, 2.75) is 57.4 Å². The SMILES string of the molecule is CNC(Cc1c(F)cccc1F)C1CCCCCCC1. The molecule has 1 N–H and O–H groups in total. The van der Waals surface area contributed by atoms with Gasteiger partial charge in [-0.1, -0.05) is 38.2 Å². The zero-order chi connectivity index (χ0) is 14.4. The lowest BCUT2D eigenvalue weighted by Crippen LogP contribution is -2.36. The molecular formula is C17H25F2N. The summed E-state index contributed by atoms with van der Waals surface area (Å²) in [4.78, 5) is 0. The molecule has 1 aromatic carbocycles. The topological polar surface area (TPSA) is 12.0 Å². The maximum atomic E-state index is 13.8. The average molecular weight is 281 g/mol. The van der Waals surface area contributed by atoms with E-state index in [1.807, 2.05) is 7.05 Å². The van der Waals surface area contributed by atoms with E-state index in [1.165, 1.54) is 63.1 Å². The van der Waals surface area contributed by atoms with Crippen molar-refractivity contribution in [3.05, 3.63) is 35.4 Å². The largest absolute Gasteiger partial charge is 0.316 e. The number of benzene rings is 1. The van der Waals surface area contributed by atoms with Crippen LogP contribution in [0.3, 0.4) is 0 Å². The van der Waals surface area contributed by atoms with Crippen LogP contribution in [0.15, 0.2) is 18.2 Å². The van der Waals surface area contributed by atoms with E-state index in [1.54, 1.807) is 0 Å². The first-order valence-electron chi connectivity index (χ1n) is 7.82. The summed E-state index contributed by atoms with van der Waals surface area (Å²) in [6, 6.07) is 4.30. The second-order valence-electron chi connectivity index (χ2n) is 5.90. The molecule has 1 unspecified atom stereocenters. The Bertz CT molecular complexity index is 391. The Labute approximate surface area is 120 Å². The van der Waals surface area contributed by atoms with Crippen molar-refractivity contribution in [1.82, 2.24) is 5.32 Å². The minimum atomic E-state index is -0.420. The van der Waals surface area contributed by atoms with Crippen LogP contribution in [0.25, 0.3) is 0 Å². The first-order valence-corrected chi connectivity index (χ1v) is 7.82. The van der Waals surface area contributed by atoms with Crippen LogP contribution in [0.5, 0.6) is 0 Å². The van der Waals surface area contributed by atoms with Gasteiger partial charge in [0.05, 0.1) is 0 Å². The molecule has 1 aliphatic rings. The Balaban J connectivity index is 2.07. The highest BCUT2D eigenvalue weighted by atomic mass is 19.1. The quantitative estimate of drug-likeness (QED) is 0.859. The lowest BCUT2D eigenvalue weighted by Gasteiger charge is -2.29. The molecule has 0 radical (unpaired) electrons. The molecule has 0 aliphatic heterocycles. The van der Waals surface area contributed by atoms with Gasteiger partial charge in [0.25, 0.3) is 0 Å². The highest BCUT2D eigenvalue weighted by Crippen LogP contribution is 2.27. The number of hydrogen-bond acceptors (Lipinski definition) is 1. The van der Waals surface area contributed by atoms with E-state index >= 15 is 0 Å². The van der Waals surface area contributed by atoms with Crippen molar-refractivity contribution in [2.24, 2.45) is 5.92 Å². The maximum absolute atomic E-state index is 13.8. The van der Waals surface area contributed by atoms with Crippen LogP contribution in [0.4, 0.5) is 8.78 Å². The fourth-order valence-corrected chi connectivity index (χ4v) is 3.34. The van der Waals surface area contributed by atoms with Crippen molar-refractivity contribution in [3.63, 3.8) is 0 Å². The van der Waals surface area contributed by atoms with Crippen molar-refractivity contribution in [3.8, 4) is 0 Å². The number of halogens is 2. The second kappa shape index (κ2) is 7.72. The second-order valence-corrected chi connectivity index (χ2v) is 5.90. The van der Waals surface area contributed by atoms with E-state index in [-0.39, 0.29) is 11.6 Å². The van der Waals surface area contributed by atoms with Gasteiger partial charge in [0, 0.05) is 11.6 Å². The third-order valence-electron chi connectivity index (χ3n) is 4.58. The highest BCUT2D eigenvalue weighted by molar-refractivity contribution is 5.21. The molecule has 1 saturated carbocycles. The molecule has 0 amide bonds. The van der Waals surface area contributed by atoms with Gasteiger partial charge in [-0.3, -0.25) is 0 Å². The fourth-order valence-electron chi connectivity index (χ4n) is 3.34. The molecule has 1 fully saturated rings. The van der Waals surface area contributed by atoms with Crippen molar-refractivity contribution >= 4 is 0 Å². The number of rotatable bonds is 4. The summed E-state index contributed by atoms with van der Waals surface area (Å²) in [5, 5.41) is 3.29. The summed E-state index contributed by atoms with van der Waals surface area (Å²) in [6.45, 7) is 0. The van der Waals surface area contributed by atoms with E-state index < -0.39 is 11.6 Å². The van der Waals surface area contributed by atoms with Gasteiger partial charge in [0.1, 0.15) is 11.6 Å². The van der Waals surface area contributed by atoms with Crippen LogP contribution in [0, 0.1) is 17.6 Å². The number of likely N-dealkylation sites (N-methyl/N-ethyl adjacent to an activating group) is 1. The van der Waals surface area contributed by atoms with E-state index in [0.29, 0.717) is 12.3 Å². The molecule has 3 heteroatoms. The Hall–Kier alpha value is -0.960. The normalized spacial score (nSPS) is 19.4. The minimum absolute atomic E-state index is 0.166. The molecule has 20 heavy (non-hydrogen) atoms. The zero-order valence-electron chi connectivity index (χ0n) is 12.3. The Kier molecular flexibility index (Phi) is 5.96. The average Bonchev–Trinajstić information content (AvgIpc) is 2.39. The number of hydrogen-bond donors (Lipinski definition) is 1.